The number of hydrogen-bond acceptors (Lipinski definition) is 4. The van der Waals surface area contributed by atoms with Gasteiger partial charge in [0.2, 0.25) is 0 Å². The highest BCUT2D eigenvalue weighted by molar-refractivity contribution is 5.73. The molecule has 0 saturated heterocycles. The fourth-order valence-corrected chi connectivity index (χ4v) is 0.587. The zero-order valence-electron chi connectivity index (χ0n) is 10.4. The molecule has 4 amide bonds. The third-order valence-electron chi connectivity index (χ3n) is 1.41. The monoisotopic (exact) mass is 250 g/mol. The molecule has 0 unspecified atom stereocenters. The SMILES string of the molecule is CNC(=O)NCCO.CNC(=O)NC[C@@H](C)O. The van der Waals surface area contributed by atoms with Crippen molar-refractivity contribution in [2.45, 2.75) is 13.0 Å². The van der Waals surface area contributed by atoms with Crippen molar-refractivity contribution < 1.29 is 19.8 Å². The van der Waals surface area contributed by atoms with Gasteiger partial charge >= 0.3 is 12.1 Å². The number of hydrogen-bond donors (Lipinski definition) is 6. The van der Waals surface area contributed by atoms with Crippen LogP contribution in [-0.2, 0) is 0 Å². The third-order valence-corrected chi connectivity index (χ3v) is 1.41. The number of urea groups is 2. The van der Waals surface area contributed by atoms with Gasteiger partial charge in [-0.2, -0.15) is 0 Å². The van der Waals surface area contributed by atoms with Crippen LogP contribution in [0.25, 0.3) is 0 Å². The van der Waals surface area contributed by atoms with Crippen molar-refractivity contribution in [1.29, 1.82) is 0 Å². The first-order chi connectivity index (χ1) is 7.97. The Morgan fingerprint density at radius 3 is 1.94 bits per heavy atom. The Hall–Kier alpha value is -1.54. The molecular formula is C9H22N4O4. The minimum atomic E-state index is -0.484. The van der Waals surface area contributed by atoms with Crippen LogP contribution in [0.15, 0.2) is 0 Å². The maximum atomic E-state index is 10.4. The van der Waals surface area contributed by atoms with Gasteiger partial charge in [0.25, 0.3) is 0 Å². The Morgan fingerprint density at radius 1 is 1.12 bits per heavy atom. The summed E-state index contributed by atoms with van der Waals surface area (Å²) in [5.74, 6) is 0. The molecule has 0 aliphatic carbocycles. The molecule has 102 valence electrons. The summed E-state index contributed by atoms with van der Waals surface area (Å²) in [5.41, 5.74) is 0. The lowest BCUT2D eigenvalue weighted by atomic mass is 10.4. The van der Waals surface area contributed by atoms with Crippen LogP contribution in [0.4, 0.5) is 9.59 Å². The molecule has 8 nitrogen and oxygen atoms in total. The lowest BCUT2D eigenvalue weighted by Crippen LogP contribution is -2.36. The Labute approximate surface area is 101 Å². The predicted molar refractivity (Wildman–Crippen MR) is 63.7 cm³/mol. The molecule has 0 aromatic rings. The van der Waals surface area contributed by atoms with Gasteiger partial charge in [0.05, 0.1) is 12.7 Å². The van der Waals surface area contributed by atoms with Gasteiger partial charge in [-0.3, -0.25) is 0 Å². The van der Waals surface area contributed by atoms with Crippen LogP contribution in [0.2, 0.25) is 0 Å². The topological polar surface area (TPSA) is 123 Å². The highest BCUT2D eigenvalue weighted by atomic mass is 16.3. The smallest absolute Gasteiger partial charge is 0.314 e. The van der Waals surface area contributed by atoms with E-state index in [2.05, 4.69) is 21.3 Å². The van der Waals surface area contributed by atoms with E-state index in [0.29, 0.717) is 13.1 Å². The molecule has 0 aromatic heterocycles. The molecule has 0 heterocycles. The molecular weight excluding hydrogens is 228 g/mol. The second-order valence-corrected chi connectivity index (χ2v) is 3.04. The molecule has 6 N–H and O–H groups in total. The average molecular weight is 250 g/mol. The number of carbonyl (C=O) groups is 2. The van der Waals surface area contributed by atoms with E-state index in [1.54, 1.807) is 6.92 Å². The highest BCUT2D eigenvalue weighted by Crippen LogP contribution is 1.73. The first kappa shape index (κ1) is 17.8. The lowest BCUT2D eigenvalue weighted by molar-refractivity contribution is 0.188. The van der Waals surface area contributed by atoms with Crippen molar-refractivity contribution in [3.05, 3.63) is 0 Å². The molecule has 17 heavy (non-hydrogen) atoms. The van der Waals surface area contributed by atoms with Crippen molar-refractivity contribution in [2.24, 2.45) is 0 Å². The Morgan fingerprint density at radius 2 is 1.59 bits per heavy atom. The summed E-state index contributed by atoms with van der Waals surface area (Å²) in [4.78, 5) is 20.6. The van der Waals surface area contributed by atoms with Crippen molar-refractivity contribution in [1.82, 2.24) is 21.3 Å². The maximum absolute atomic E-state index is 10.4. The van der Waals surface area contributed by atoms with Gasteiger partial charge in [0.15, 0.2) is 0 Å². The van der Waals surface area contributed by atoms with Crippen LogP contribution in [0.5, 0.6) is 0 Å². The van der Waals surface area contributed by atoms with Gasteiger partial charge in [0, 0.05) is 27.2 Å². The highest BCUT2D eigenvalue weighted by Gasteiger charge is 1.97. The second-order valence-electron chi connectivity index (χ2n) is 3.04. The molecule has 0 fully saturated rings. The summed E-state index contributed by atoms with van der Waals surface area (Å²) in [5, 5.41) is 26.3. The van der Waals surface area contributed by atoms with Gasteiger partial charge in [-0.15, -0.1) is 0 Å². The maximum Gasteiger partial charge on any atom is 0.314 e. The second kappa shape index (κ2) is 12.5. The quantitative estimate of drug-likeness (QED) is 0.352. The number of nitrogens with one attached hydrogen (secondary N) is 4. The van der Waals surface area contributed by atoms with Gasteiger partial charge in [-0.05, 0) is 6.92 Å². The average Bonchev–Trinajstić information content (AvgIpc) is 2.33. The number of aliphatic hydroxyl groups is 2. The first-order valence-corrected chi connectivity index (χ1v) is 5.18. The molecule has 8 heteroatoms. The number of rotatable bonds is 4. The van der Waals surface area contributed by atoms with Gasteiger partial charge < -0.3 is 31.5 Å². The third kappa shape index (κ3) is 17.1. The molecule has 0 bridgehead atoms. The first-order valence-electron chi connectivity index (χ1n) is 5.18. The van der Waals surface area contributed by atoms with Crippen molar-refractivity contribution in [3.8, 4) is 0 Å². The van der Waals surface area contributed by atoms with E-state index in [0.717, 1.165) is 0 Å². The minimum absolute atomic E-state index is 0.0204. The van der Waals surface area contributed by atoms with E-state index >= 15 is 0 Å². The molecule has 0 rings (SSSR count). The largest absolute Gasteiger partial charge is 0.395 e. The van der Waals surface area contributed by atoms with Crippen LogP contribution in [0, 0.1) is 0 Å². The van der Waals surface area contributed by atoms with E-state index < -0.39 is 6.10 Å². The summed E-state index contributed by atoms with van der Waals surface area (Å²) in [6.45, 7) is 2.18. The molecule has 0 saturated carbocycles. The van der Waals surface area contributed by atoms with Crippen LogP contribution in [-0.4, -0.2) is 62.2 Å². The van der Waals surface area contributed by atoms with Gasteiger partial charge in [-0.25, -0.2) is 9.59 Å². The number of carbonyl (C=O) groups excluding carboxylic acids is 2. The normalized spacial score (nSPS) is 10.4. The Balaban J connectivity index is 0. The van der Waals surface area contributed by atoms with Crippen LogP contribution in [0.3, 0.4) is 0 Å². The van der Waals surface area contributed by atoms with E-state index in [9.17, 15) is 9.59 Å². The number of aliphatic hydroxyl groups excluding tert-OH is 2. The summed E-state index contributed by atoms with van der Waals surface area (Å²) >= 11 is 0. The molecule has 0 aliphatic heterocycles. The van der Waals surface area contributed by atoms with Crippen molar-refractivity contribution in [3.63, 3.8) is 0 Å². The van der Waals surface area contributed by atoms with E-state index in [4.69, 9.17) is 10.2 Å². The zero-order valence-corrected chi connectivity index (χ0v) is 10.4. The van der Waals surface area contributed by atoms with E-state index in [1.165, 1.54) is 14.1 Å². The van der Waals surface area contributed by atoms with Crippen LogP contribution >= 0.6 is 0 Å². The van der Waals surface area contributed by atoms with Gasteiger partial charge in [-0.1, -0.05) is 0 Å². The van der Waals surface area contributed by atoms with Crippen LogP contribution in [0.1, 0.15) is 6.92 Å². The molecule has 0 aromatic carbocycles. The molecule has 0 spiro atoms. The van der Waals surface area contributed by atoms with Gasteiger partial charge in [0.1, 0.15) is 0 Å². The summed E-state index contributed by atoms with van der Waals surface area (Å²) < 4.78 is 0. The standard InChI is InChI=1S/C5H12N2O2.C4H10N2O2/c1-4(8)3-7-5(9)6-2;1-5-4(8)6-2-3-7/h4,8H,3H2,1-2H3,(H2,6,7,9);7H,2-3H2,1H3,(H2,5,6,8)/t4-;/m1./s1. The van der Waals surface area contributed by atoms with Crippen molar-refractivity contribution in [2.75, 3.05) is 33.8 Å². The summed E-state index contributed by atoms with van der Waals surface area (Å²) in [6, 6.07) is -0.532. The molecule has 1 atom stereocenters. The minimum Gasteiger partial charge on any atom is -0.395 e. The predicted octanol–water partition coefficient (Wildman–Crippen LogP) is -1.80. The molecule has 0 radical (unpaired) electrons. The molecule has 0 aliphatic rings. The zero-order chi connectivity index (χ0) is 13.7. The summed E-state index contributed by atoms with van der Waals surface area (Å²) in [6.07, 6.45) is -0.484. The van der Waals surface area contributed by atoms with E-state index in [-0.39, 0.29) is 18.7 Å². The van der Waals surface area contributed by atoms with Crippen molar-refractivity contribution >= 4 is 12.1 Å². The van der Waals surface area contributed by atoms with Crippen LogP contribution < -0.4 is 21.3 Å². The fourth-order valence-electron chi connectivity index (χ4n) is 0.587. The number of amides is 4. The Kier molecular flexibility index (Phi) is 13.2. The lowest BCUT2D eigenvalue weighted by Gasteiger charge is -2.04. The Bertz CT molecular complexity index is 211. The fraction of sp³-hybridized carbons (Fsp3) is 0.778. The van der Waals surface area contributed by atoms with E-state index in [1.807, 2.05) is 0 Å². The summed E-state index contributed by atoms with van der Waals surface area (Å²) in [7, 11) is 3.05.